The maximum atomic E-state index is 6.15. The molecular weight excluding hydrogens is 266 g/mol. The molecule has 6 heteroatoms. The SMILES string of the molecule is CCCCc1noc(-c2cnn(-c3ccccc3)c2N)n1. The third kappa shape index (κ3) is 2.65. The van der Waals surface area contributed by atoms with Gasteiger partial charge in [0.15, 0.2) is 5.82 Å². The van der Waals surface area contributed by atoms with Crippen LogP contribution >= 0.6 is 0 Å². The molecule has 0 radical (unpaired) electrons. The number of hydrogen-bond acceptors (Lipinski definition) is 5. The highest BCUT2D eigenvalue weighted by Crippen LogP contribution is 2.26. The summed E-state index contributed by atoms with van der Waals surface area (Å²) in [5, 5.41) is 8.27. The van der Waals surface area contributed by atoms with Crippen molar-refractivity contribution in [1.29, 1.82) is 0 Å². The van der Waals surface area contributed by atoms with Crippen LogP contribution in [0.5, 0.6) is 0 Å². The highest BCUT2D eigenvalue weighted by molar-refractivity contribution is 5.68. The van der Waals surface area contributed by atoms with E-state index >= 15 is 0 Å². The van der Waals surface area contributed by atoms with Crippen molar-refractivity contribution in [3.8, 4) is 17.1 Å². The number of benzene rings is 1. The minimum absolute atomic E-state index is 0.417. The average Bonchev–Trinajstić information content (AvgIpc) is 3.12. The van der Waals surface area contributed by atoms with Crippen molar-refractivity contribution < 1.29 is 4.52 Å². The van der Waals surface area contributed by atoms with E-state index in [2.05, 4.69) is 22.2 Å². The molecule has 0 unspecified atom stereocenters. The van der Waals surface area contributed by atoms with Gasteiger partial charge >= 0.3 is 0 Å². The van der Waals surface area contributed by atoms with Gasteiger partial charge in [-0.15, -0.1) is 0 Å². The minimum Gasteiger partial charge on any atom is -0.383 e. The molecule has 0 saturated carbocycles. The molecular formula is C15H17N5O. The smallest absolute Gasteiger partial charge is 0.263 e. The third-order valence-electron chi connectivity index (χ3n) is 3.26. The van der Waals surface area contributed by atoms with Gasteiger partial charge in [-0.3, -0.25) is 0 Å². The molecule has 6 nitrogen and oxygen atoms in total. The topological polar surface area (TPSA) is 82.8 Å². The van der Waals surface area contributed by atoms with E-state index in [0.29, 0.717) is 23.1 Å². The van der Waals surface area contributed by atoms with Crippen LogP contribution < -0.4 is 5.73 Å². The Bertz CT molecular complexity index is 717. The summed E-state index contributed by atoms with van der Waals surface area (Å²) in [7, 11) is 0. The predicted molar refractivity (Wildman–Crippen MR) is 79.9 cm³/mol. The van der Waals surface area contributed by atoms with Crippen molar-refractivity contribution in [2.75, 3.05) is 5.73 Å². The highest BCUT2D eigenvalue weighted by atomic mass is 16.5. The number of aromatic nitrogens is 4. The van der Waals surface area contributed by atoms with Crippen LogP contribution in [0.4, 0.5) is 5.82 Å². The molecule has 0 bridgehead atoms. The Morgan fingerprint density at radius 3 is 2.81 bits per heavy atom. The largest absolute Gasteiger partial charge is 0.383 e. The lowest BCUT2D eigenvalue weighted by atomic mass is 10.2. The lowest BCUT2D eigenvalue weighted by molar-refractivity contribution is 0.421. The second kappa shape index (κ2) is 5.78. The molecule has 2 heterocycles. The van der Waals surface area contributed by atoms with E-state index in [-0.39, 0.29) is 0 Å². The molecule has 0 aliphatic rings. The molecule has 0 aliphatic carbocycles. The molecule has 3 aromatic rings. The summed E-state index contributed by atoms with van der Waals surface area (Å²) in [6, 6.07) is 9.70. The quantitative estimate of drug-likeness (QED) is 0.778. The number of unbranched alkanes of at least 4 members (excludes halogenated alkanes) is 1. The van der Waals surface area contributed by atoms with Crippen molar-refractivity contribution in [3.05, 3.63) is 42.4 Å². The normalized spacial score (nSPS) is 10.9. The number of para-hydroxylation sites is 1. The molecule has 0 amide bonds. The van der Waals surface area contributed by atoms with E-state index in [4.69, 9.17) is 10.3 Å². The molecule has 0 fully saturated rings. The fraction of sp³-hybridized carbons (Fsp3) is 0.267. The molecule has 0 aliphatic heterocycles. The Balaban J connectivity index is 1.90. The molecule has 0 saturated heterocycles. The summed E-state index contributed by atoms with van der Waals surface area (Å²) < 4.78 is 6.94. The Hall–Kier alpha value is -2.63. The van der Waals surface area contributed by atoms with Gasteiger partial charge in [-0.05, 0) is 18.6 Å². The first kappa shape index (κ1) is 13.4. The van der Waals surface area contributed by atoms with Crippen LogP contribution in [0.3, 0.4) is 0 Å². The lowest BCUT2D eigenvalue weighted by Crippen LogP contribution is -2.01. The second-order valence-electron chi connectivity index (χ2n) is 4.81. The van der Waals surface area contributed by atoms with Crippen molar-refractivity contribution in [2.45, 2.75) is 26.2 Å². The average molecular weight is 283 g/mol. The van der Waals surface area contributed by atoms with Crippen LogP contribution in [0, 0.1) is 0 Å². The molecule has 2 aromatic heterocycles. The monoisotopic (exact) mass is 283 g/mol. The van der Waals surface area contributed by atoms with E-state index in [0.717, 1.165) is 24.9 Å². The predicted octanol–water partition coefficient (Wildman–Crippen LogP) is 2.85. The number of anilines is 1. The van der Waals surface area contributed by atoms with Crippen LogP contribution in [-0.2, 0) is 6.42 Å². The zero-order valence-corrected chi connectivity index (χ0v) is 11.9. The van der Waals surface area contributed by atoms with E-state index < -0.39 is 0 Å². The molecule has 2 N–H and O–H groups in total. The number of nitrogens with two attached hydrogens (primary N) is 1. The van der Waals surface area contributed by atoms with E-state index in [1.165, 1.54) is 0 Å². The fourth-order valence-electron chi connectivity index (χ4n) is 2.10. The second-order valence-corrected chi connectivity index (χ2v) is 4.81. The van der Waals surface area contributed by atoms with Crippen LogP contribution in [0.15, 0.2) is 41.1 Å². The first-order chi connectivity index (χ1) is 10.3. The Kier molecular flexibility index (Phi) is 3.68. The lowest BCUT2D eigenvalue weighted by Gasteiger charge is -2.03. The first-order valence-electron chi connectivity index (χ1n) is 7.01. The molecule has 0 spiro atoms. The van der Waals surface area contributed by atoms with Gasteiger partial charge in [-0.25, -0.2) is 4.68 Å². The molecule has 1 aromatic carbocycles. The number of nitrogen functional groups attached to an aromatic ring is 1. The number of nitrogens with zero attached hydrogens (tertiary/aromatic N) is 4. The zero-order chi connectivity index (χ0) is 14.7. The van der Waals surface area contributed by atoms with Gasteiger partial charge < -0.3 is 10.3 Å². The van der Waals surface area contributed by atoms with Crippen LogP contribution in [0.2, 0.25) is 0 Å². The summed E-state index contributed by atoms with van der Waals surface area (Å²) in [6.45, 7) is 2.13. The maximum Gasteiger partial charge on any atom is 0.263 e. The Morgan fingerprint density at radius 1 is 1.24 bits per heavy atom. The number of aryl methyl sites for hydroxylation is 1. The summed E-state index contributed by atoms with van der Waals surface area (Å²) >= 11 is 0. The summed E-state index contributed by atoms with van der Waals surface area (Å²) in [5.41, 5.74) is 7.71. The van der Waals surface area contributed by atoms with Crippen molar-refractivity contribution >= 4 is 5.82 Å². The maximum absolute atomic E-state index is 6.15. The number of rotatable bonds is 5. The van der Waals surface area contributed by atoms with Crippen molar-refractivity contribution in [1.82, 2.24) is 19.9 Å². The van der Waals surface area contributed by atoms with Crippen LogP contribution in [-0.4, -0.2) is 19.9 Å². The van der Waals surface area contributed by atoms with Crippen LogP contribution in [0.1, 0.15) is 25.6 Å². The van der Waals surface area contributed by atoms with Gasteiger partial charge in [0.05, 0.1) is 11.9 Å². The van der Waals surface area contributed by atoms with Gasteiger partial charge in [0.2, 0.25) is 0 Å². The first-order valence-corrected chi connectivity index (χ1v) is 7.01. The Morgan fingerprint density at radius 2 is 2.05 bits per heavy atom. The molecule has 108 valence electrons. The molecule has 0 atom stereocenters. The summed E-state index contributed by atoms with van der Waals surface area (Å²) in [6.07, 6.45) is 4.60. The fourth-order valence-corrected chi connectivity index (χ4v) is 2.10. The molecule has 21 heavy (non-hydrogen) atoms. The van der Waals surface area contributed by atoms with Gasteiger partial charge in [0.25, 0.3) is 5.89 Å². The van der Waals surface area contributed by atoms with E-state index in [1.807, 2.05) is 30.3 Å². The Labute approximate surface area is 122 Å². The highest BCUT2D eigenvalue weighted by Gasteiger charge is 2.16. The van der Waals surface area contributed by atoms with Gasteiger partial charge in [-0.1, -0.05) is 36.7 Å². The van der Waals surface area contributed by atoms with E-state index in [9.17, 15) is 0 Å². The van der Waals surface area contributed by atoms with Crippen molar-refractivity contribution in [3.63, 3.8) is 0 Å². The minimum atomic E-state index is 0.417. The number of hydrogen-bond donors (Lipinski definition) is 1. The standard InChI is InChI=1S/C15H17N5O/c1-2-3-9-13-18-15(21-19-13)12-10-17-20(14(12)16)11-7-5-4-6-8-11/h4-8,10H,2-3,9,16H2,1H3. The zero-order valence-electron chi connectivity index (χ0n) is 11.9. The molecule has 3 rings (SSSR count). The van der Waals surface area contributed by atoms with Gasteiger partial charge in [-0.2, -0.15) is 10.1 Å². The van der Waals surface area contributed by atoms with Gasteiger partial charge in [0, 0.05) is 6.42 Å². The summed E-state index contributed by atoms with van der Waals surface area (Å²) in [4.78, 5) is 4.37. The van der Waals surface area contributed by atoms with Crippen molar-refractivity contribution in [2.24, 2.45) is 0 Å². The van der Waals surface area contributed by atoms with Crippen LogP contribution in [0.25, 0.3) is 17.1 Å². The van der Waals surface area contributed by atoms with Gasteiger partial charge in [0.1, 0.15) is 11.4 Å². The summed E-state index contributed by atoms with van der Waals surface area (Å²) in [5.74, 6) is 1.62. The van der Waals surface area contributed by atoms with E-state index in [1.54, 1.807) is 10.9 Å². The third-order valence-corrected chi connectivity index (χ3v) is 3.26.